The number of benzene rings is 2. The molecule has 0 aliphatic carbocycles. The first-order chi connectivity index (χ1) is 11.7. The van der Waals surface area contributed by atoms with E-state index in [2.05, 4.69) is 12.2 Å². The zero-order valence-electron chi connectivity index (χ0n) is 14.5. The Morgan fingerprint density at radius 3 is 2.28 bits per heavy atom. The van der Waals surface area contributed by atoms with Crippen LogP contribution in [0.1, 0.15) is 32.6 Å². The van der Waals surface area contributed by atoms with Crippen molar-refractivity contribution in [2.45, 2.75) is 27.2 Å². The van der Waals surface area contributed by atoms with E-state index in [1.165, 1.54) is 12.7 Å². The van der Waals surface area contributed by atoms with E-state index in [0.717, 1.165) is 16.7 Å². The van der Waals surface area contributed by atoms with Crippen molar-refractivity contribution in [1.82, 2.24) is 0 Å². The second-order valence-corrected chi connectivity index (χ2v) is 7.45. The Labute approximate surface area is 166 Å². The molecule has 0 fully saturated rings. The van der Waals surface area contributed by atoms with Crippen LogP contribution in [0, 0.1) is 24.3 Å². The number of methoxy groups -OCH3 is 1. The number of anilines is 1. The van der Waals surface area contributed by atoms with Gasteiger partial charge in [-0.3, -0.25) is 4.79 Å². The van der Waals surface area contributed by atoms with Gasteiger partial charge in [0.15, 0.2) is 0 Å². The molecule has 132 valence electrons. The molecule has 2 aromatic carbocycles. The SMILES string of the molecule is COC(=O)c1cc(I)c(Cl)cc1NC(=O)Cc1cc(C)c(C)c(C)c1. The molecule has 0 spiro atoms. The molecule has 0 aromatic heterocycles. The van der Waals surface area contributed by atoms with Gasteiger partial charge in [0.1, 0.15) is 0 Å². The summed E-state index contributed by atoms with van der Waals surface area (Å²) in [5, 5.41) is 3.23. The Morgan fingerprint density at radius 1 is 1.12 bits per heavy atom. The number of halogens is 2. The van der Waals surface area contributed by atoms with Crippen LogP contribution in [-0.4, -0.2) is 19.0 Å². The number of esters is 1. The molecule has 0 aliphatic rings. The van der Waals surface area contributed by atoms with Gasteiger partial charge in [-0.05, 0) is 77.7 Å². The quantitative estimate of drug-likeness (QED) is 0.513. The third-order valence-electron chi connectivity index (χ3n) is 4.09. The molecule has 0 saturated carbocycles. The Hall–Kier alpha value is -1.60. The summed E-state index contributed by atoms with van der Waals surface area (Å²) < 4.78 is 5.49. The second kappa shape index (κ2) is 8.19. The Bertz CT molecular complexity index is 826. The summed E-state index contributed by atoms with van der Waals surface area (Å²) in [5.41, 5.74) is 5.07. The van der Waals surface area contributed by atoms with E-state index in [0.29, 0.717) is 14.3 Å². The number of amides is 1. The summed E-state index contributed by atoms with van der Waals surface area (Å²) >= 11 is 8.15. The summed E-state index contributed by atoms with van der Waals surface area (Å²) in [7, 11) is 1.30. The van der Waals surface area contributed by atoms with Gasteiger partial charge in [-0.25, -0.2) is 4.79 Å². The molecular weight excluding hydrogens is 453 g/mol. The standard InChI is InChI=1S/C19H19ClINO3/c1-10-5-13(6-11(2)12(10)3)7-18(23)22-17-9-15(20)16(21)8-14(17)19(24)25-4/h5-6,8-9H,7H2,1-4H3,(H,22,23). The van der Waals surface area contributed by atoms with Crippen molar-refractivity contribution in [2.75, 3.05) is 12.4 Å². The molecule has 0 radical (unpaired) electrons. The Balaban J connectivity index is 2.26. The first-order valence-electron chi connectivity index (χ1n) is 7.67. The van der Waals surface area contributed by atoms with E-state index in [-0.39, 0.29) is 17.9 Å². The van der Waals surface area contributed by atoms with Crippen LogP contribution < -0.4 is 5.32 Å². The van der Waals surface area contributed by atoms with Crippen molar-refractivity contribution in [3.05, 3.63) is 60.7 Å². The first-order valence-corrected chi connectivity index (χ1v) is 9.12. The lowest BCUT2D eigenvalue weighted by Gasteiger charge is -2.13. The van der Waals surface area contributed by atoms with Crippen LogP contribution in [0.4, 0.5) is 5.69 Å². The van der Waals surface area contributed by atoms with Crippen molar-refractivity contribution in [3.63, 3.8) is 0 Å². The Morgan fingerprint density at radius 2 is 1.72 bits per heavy atom. The minimum atomic E-state index is -0.521. The minimum Gasteiger partial charge on any atom is -0.465 e. The van der Waals surface area contributed by atoms with Gasteiger partial charge in [-0.2, -0.15) is 0 Å². The number of hydrogen-bond acceptors (Lipinski definition) is 3. The highest BCUT2D eigenvalue weighted by Crippen LogP contribution is 2.27. The van der Waals surface area contributed by atoms with Crippen LogP contribution in [-0.2, 0) is 16.0 Å². The van der Waals surface area contributed by atoms with Gasteiger partial charge in [0, 0.05) is 3.57 Å². The monoisotopic (exact) mass is 471 g/mol. The molecule has 2 aromatic rings. The lowest BCUT2D eigenvalue weighted by atomic mass is 9.99. The summed E-state index contributed by atoms with van der Waals surface area (Å²) in [4.78, 5) is 24.4. The fourth-order valence-electron chi connectivity index (χ4n) is 2.54. The van der Waals surface area contributed by atoms with Gasteiger partial charge < -0.3 is 10.1 Å². The van der Waals surface area contributed by atoms with E-state index in [9.17, 15) is 9.59 Å². The summed E-state index contributed by atoms with van der Waals surface area (Å²) in [6.45, 7) is 6.11. The van der Waals surface area contributed by atoms with Gasteiger partial charge in [0.25, 0.3) is 0 Å². The van der Waals surface area contributed by atoms with Crippen LogP contribution >= 0.6 is 34.2 Å². The molecule has 25 heavy (non-hydrogen) atoms. The number of aryl methyl sites for hydroxylation is 2. The number of hydrogen-bond donors (Lipinski definition) is 1. The van der Waals surface area contributed by atoms with E-state index in [1.54, 1.807) is 12.1 Å². The maximum absolute atomic E-state index is 12.4. The lowest BCUT2D eigenvalue weighted by Crippen LogP contribution is -2.17. The fourth-order valence-corrected chi connectivity index (χ4v) is 3.17. The minimum absolute atomic E-state index is 0.214. The van der Waals surface area contributed by atoms with E-state index in [4.69, 9.17) is 16.3 Å². The van der Waals surface area contributed by atoms with Gasteiger partial charge in [0.05, 0.1) is 29.8 Å². The number of nitrogens with one attached hydrogen (secondary N) is 1. The van der Waals surface area contributed by atoms with Crippen molar-refractivity contribution in [2.24, 2.45) is 0 Å². The third-order valence-corrected chi connectivity index (χ3v) is 5.62. The van der Waals surface area contributed by atoms with Crippen molar-refractivity contribution >= 4 is 51.8 Å². The summed E-state index contributed by atoms with van der Waals surface area (Å²) in [5.74, 6) is -0.739. The topological polar surface area (TPSA) is 55.4 Å². The average Bonchev–Trinajstić information content (AvgIpc) is 2.54. The number of rotatable bonds is 4. The first kappa shape index (κ1) is 19.7. The molecule has 4 nitrogen and oxygen atoms in total. The normalized spacial score (nSPS) is 10.5. The van der Waals surface area contributed by atoms with Crippen molar-refractivity contribution < 1.29 is 14.3 Å². The lowest BCUT2D eigenvalue weighted by molar-refractivity contribution is -0.115. The van der Waals surface area contributed by atoms with Crippen LogP contribution in [0.15, 0.2) is 24.3 Å². The van der Waals surface area contributed by atoms with E-state index < -0.39 is 5.97 Å². The molecule has 0 atom stereocenters. The molecular formula is C19H19ClINO3. The van der Waals surface area contributed by atoms with Crippen LogP contribution in [0.5, 0.6) is 0 Å². The highest BCUT2D eigenvalue weighted by atomic mass is 127. The largest absolute Gasteiger partial charge is 0.465 e. The highest BCUT2D eigenvalue weighted by Gasteiger charge is 2.17. The van der Waals surface area contributed by atoms with Crippen LogP contribution in [0.2, 0.25) is 5.02 Å². The summed E-state index contributed by atoms with van der Waals surface area (Å²) in [6, 6.07) is 7.18. The predicted molar refractivity (Wildman–Crippen MR) is 108 cm³/mol. The van der Waals surface area contributed by atoms with Crippen molar-refractivity contribution in [3.8, 4) is 0 Å². The number of carbonyl (C=O) groups excluding carboxylic acids is 2. The number of ether oxygens (including phenoxy) is 1. The molecule has 6 heteroatoms. The molecule has 1 N–H and O–H groups in total. The van der Waals surface area contributed by atoms with Gasteiger partial charge >= 0.3 is 5.97 Å². The fraction of sp³-hybridized carbons (Fsp3) is 0.263. The molecule has 0 heterocycles. The van der Waals surface area contributed by atoms with Gasteiger partial charge in [-0.1, -0.05) is 23.7 Å². The molecule has 2 rings (SSSR count). The zero-order valence-corrected chi connectivity index (χ0v) is 17.4. The van der Waals surface area contributed by atoms with E-state index >= 15 is 0 Å². The smallest absolute Gasteiger partial charge is 0.340 e. The maximum Gasteiger partial charge on any atom is 0.340 e. The molecule has 0 aliphatic heterocycles. The third kappa shape index (κ3) is 4.73. The predicted octanol–water partition coefficient (Wildman–Crippen LogP) is 4.84. The van der Waals surface area contributed by atoms with Crippen LogP contribution in [0.25, 0.3) is 0 Å². The second-order valence-electron chi connectivity index (χ2n) is 5.88. The average molecular weight is 472 g/mol. The summed E-state index contributed by atoms with van der Waals surface area (Å²) in [6.07, 6.45) is 0.214. The molecule has 0 unspecified atom stereocenters. The molecule has 0 saturated heterocycles. The van der Waals surface area contributed by atoms with Gasteiger partial charge in [-0.15, -0.1) is 0 Å². The van der Waals surface area contributed by atoms with Gasteiger partial charge in [0.2, 0.25) is 5.91 Å². The highest BCUT2D eigenvalue weighted by molar-refractivity contribution is 14.1. The maximum atomic E-state index is 12.4. The number of carbonyl (C=O) groups is 2. The molecule has 1 amide bonds. The van der Waals surface area contributed by atoms with E-state index in [1.807, 2.05) is 48.6 Å². The van der Waals surface area contributed by atoms with Crippen molar-refractivity contribution in [1.29, 1.82) is 0 Å². The molecule has 0 bridgehead atoms. The zero-order chi connectivity index (χ0) is 18.7. The Kier molecular flexibility index (Phi) is 6.46. The van der Waals surface area contributed by atoms with Crippen LogP contribution in [0.3, 0.4) is 0 Å².